The van der Waals surface area contributed by atoms with Crippen molar-refractivity contribution in [1.82, 2.24) is 19.8 Å². The summed E-state index contributed by atoms with van der Waals surface area (Å²) >= 11 is 6.23. The first-order valence-electron chi connectivity index (χ1n) is 11.0. The minimum absolute atomic E-state index is 0.0491. The van der Waals surface area contributed by atoms with Gasteiger partial charge in [-0.1, -0.05) is 17.7 Å². The van der Waals surface area contributed by atoms with E-state index in [1.165, 1.54) is 48.7 Å². The van der Waals surface area contributed by atoms with Crippen LogP contribution in [0.1, 0.15) is 27.3 Å². The average Bonchev–Trinajstić information content (AvgIpc) is 2.85. The van der Waals surface area contributed by atoms with Gasteiger partial charge in [0.25, 0.3) is 17.4 Å². The number of benzene rings is 2. The lowest BCUT2D eigenvalue weighted by Gasteiger charge is -2.17. The minimum atomic E-state index is -1.41. The van der Waals surface area contributed by atoms with E-state index in [1.54, 1.807) is 13.0 Å². The number of nitrogens with one attached hydrogen (secondary N) is 1. The summed E-state index contributed by atoms with van der Waals surface area (Å²) in [7, 11) is 2.96. The first-order valence-corrected chi connectivity index (χ1v) is 11.4. The molecule has 196 valence electrons. The molecule has 2 aromatic carbocycles. The van der Waals surface area contributed by atoms with Crippen molar-refractivity contribution < 1.29 is 28.2 Å². The molecule has 0 unspecified atom stereocenters. The molecule has 0 saturated heterocycles. The summed E-state index contributed by atoms with van der Waals surface area (Å²) in [6.07, 6.45) is -1.41. The maximum absolute atomic E-state index is 13.9. The van der Waals surface area contributed by atoms with Gasteiger partial charge in [0.1, 0.15) is 30.2 Å². The van der Waals surface area contributed by atoms with Crippen molar-refractivity contribution in [3.63, 3.8) is 0 Å². The van der Waals surface area contributed by atoms with Crippen LogP contribution in [0, 0.1) is 25.5 Å². The molecule has 3 aromatic rings. The lowest BCUT2D eigenvalue weighted by atomic mass is 10.1. The Morgan fingerprint density at radius 1 is 1.19 bits per heavy atom. The molecule has 0 fully saturated rings. The highest BCUT2D eigenvalue weighted by atomic mass is 35.5. The van der Waals surface area contributed by atoms with Crippen molar-refractivity contribution >= 4 is 23.4 Å². The molecular weight excluding hydrogens is 510 g/mol. The van der Waals surface area contributed by atoms with Gasteiger partial charge in [0.15, 0.2) is 5.02 Å². The lowest BCUT2D eigenvalue weighted by Crippen LogP contribution is -2.42. The number of aliphatic hydroxyl groups is 1. The van der Waals surface area contributed by atoms with Crippen LogP contribution >= 0.6 is 11.6 Å². The maximum atomic E-state index is 13.9. The molecule has 0 bridgehead atoms. The van der Waals surface area contributed by atoms with Gasteiger partial charge in [-0.2, -0.15) is 4.98 Å². The molecule has 0 radical (unpaired) electrons. The van der Waals surface area contributed by atoms with Gasteiger partial charge in [0.2, 0.25) is 5.88 Å². The number of ether oxygens (including phenoxy) is 1. The number of aromatic nitrogens is 2. The Labute approximate surface area is 216 Å². The number of hydrogen-bond acceptors (Lipinski definition) is 6. The molecule has 0 aliphatic carbocycles. The largest absolute Gasteiger partial charge is 0.471 e. The topological polar surface area (TPSA) is 114 Å². The van der Waals surface area contributed by atoms with Crippen LogP contribution in [0.2, 0.25) is 5.02 Å². The average molecular weight is 535 g/mol. The van der Waals surface area contributed by atoms with Crippen LogP contribution in [0.15, 0.2) is 41.2 Å². The second-order valence-corrected chi connectivity index (χ2v) is 8.78. The van der Waals surface area contributed by atoms with Crippen molar-refractivity contribution in [2.24, 2.45) is 0 Å². The summed E-state index contributed by atoms with van der Waals surface area (Å²) in [5.41, 5.74) is 0.485. The molecule has 1 heterocycles. The Bertz CT molecular complexity index is 1410. The SMILES string of the molecule is Cc1ccc(C(=O)NC[C@H](O)C(=O)N(C)C)cc1-n1c(C)nc(OCc2ccc(F)cc2F)c(Cl)c1=O. The molecule has 0 spiro atoms. The predicted octanol–water partition coefficient (Wildman–Crippen LogP) is 2.54. The van der Waals surface area contributed by atoms with E-state index >= 15 is 0 Å². The van der Waals surface area contributed by atoms with Crippen LogP contribution < -0.4 is 15.6 Å². The number of nitrogens with zero attached hydrogens (tertiary/aromatic N) is 3. The molecule has 0 saturated carbocycles. The zero-order chi connectivity index (χ0) is 27.4. The highest BCUT2D eigenvalue weighted by Gasteiger charge is 2.21. The minimum Gasteiger partial charge on any atom is -0.471 e. The fourth-order valence-electron chi connectivity index (χ4n) is 3.42. The first kappa shape index (κ1) is 27.8. The van der Waals surface area contributed by atoms with Gasteiger partial charge >= 0.3 is 0 Å². The van der Waals surface area contributed by atoms with E-state index in [2.05, 4.69) is 10.3 Å². The molecule has 0 aliphatic rings. The molecule has 0 aliphatic heterocycles. The molecule has 1 aromatic heterocycles. The van der Waals surface area contributed by atoms with Crippen LogP contribution in [0.3, 0.4) is 0 Å². The summed E-state index contributed by atoms with van der Waals surface area (Å²) in [6.45, 7) is 2.61. The zero-order valence-corrected chi connectivity index (χ0v) is 21.3. The monoisotopic (exact) mass is 534 g/mol. The zero-order valence-electron chi connectivity index (χ0n) is 20.5. The summed E-state index contributed by atoms with van der Waals surface area (Å²) in [6, 6.07) is 7.59. The van der Waals surface area contributed by atoms with Gasteiger partial charge in [-0.3, -0.25) is 19.0 Å². The third kappa shape index (κ3) is 6.30. The second-order valence-electron chi connectivity index (χ2n) is 8.40. The van der Waals surface area contributed by atoms with E-state index in [0.717, 1.165) is 6.07 Å². The van der Waals surface area contributed by atoms with Crippen molar-refractivity contribution in [2.45, 2.75) is 26.6 Å². The Balaban J connectivity index is 1.86. The summed E-state index contributed by atoms with van der Waals surface area (Å²) < 4.78 is 33.7. The molecule has 9 nitrogen and oxygen atoms in total. The van der Waals surface area contributed by atoms with Crippen LogP contribution in [0.4, 0.5) is 8.78 Å². The number of hydrogen-bond donors (Lipinski definition) is 2. The number of carbonyl (C=O) groups is 2. The first-order chi connectivity index (χ1) is 17.4. The summed E-state index contributed by atoms with van der Waals surface area (Å²) in [5, 5.41) is 12.0. The molecule has 3 rings (SSSR count). The second kappa shape index (κ2) is 11.5. The van der Waals surface area contributed by atoms with Crippen molar-refractivity contribution in [3.8, 4) is 11.6 Å². The van der Waals surface area contributed by atoms with Gasteiger partial charge in [-0.25, -0.2) is 8.78 Å². The van der Waals surface area contributed by atoms with Crippen LogP contribution in [0.5, 0.6) is 5.88 Å². The number of aliphatic hydroxyl groups excluding tert-OH is 1. The summed E-state index contributed by atoms with van der Waals surface area (Å²) in [5.74, 6) is -2.73. The third-order valence-electron chi connectivity index (χ3n) is 5.44. The molecule has 12 heteroatoms. The van der Waals surface area contributed by atoms with E-state index < -0.39 is 35.1 Å². The Hall–Kier alpha value is -3.83. The molecule has 2 N–H and O–H groups in total. The lowest BCUT2D eigenvalue weighted by molar-refractivity contribution is -0.137. The van der Waals surface area contributed by atoms with Gasteiger partial charge in [0.05, 0.1) is 12.2 Å². The van der Waals surface area contributed by atoms with Gasteiger partial charge in [0, 0.05) is 31.3 Å². The van der Waals surface area contributed by atoms with Crippen LogP contribution in [-0.2, 0) is 11.4 Å². The normalized spacial score (nSPS) is 11.7. The van der Waals surface area contributed by atoms with Gasteiger partial charge < -0.3 is 20.1 Å². The van der Waals surface area contributed by atoms with Gasteiger partial charge in [-0.15, -0.1) is 0 Å². The van der Waals surface area contributed by atoms with Gasteiger partial charge in [-0.05, 0) is 43.7 Å². The van der Waals surface area contributed by atoms with Crippen molar-refractivity contribution in [3.05, 3.63) is 85.9 Å². The standard InChI is InChI=1S/C25H25ClF2N4O5/c1-13-5-6-15(22(34)29-11-20(33)24(35)31(3)4)9-19(13)32-14(2)30-23(21(26)25(32)36)37-12-16-7-8-17(27)10-18(16)28/h5-10,20,33H,11-12H2,1-4H3,(H,29,34)/t20-/m0/s1. The van der Waals surface area contributed by atoms with E-state index in [1.807, 2.05) is 0 Å². The van der Waals surface area contributed by atoms with Crippen LogP contribution in [-0.4, -0.2) is 58.1 Å². The van der Waals surface area contributed by atoms with E-state index in [9.17, 15) is 28.3 Å². The van der Waals surface area contributed by atoms with E-state index in [4.69, 9.17) is 16.3 Å². The van der Waals surface area contributed by atoms with Crippen molar-refractivity contribution in [1.29, 1.82) is 0 Å². The number of carbonyl (C=O) groups excluding carboxylic acids is 2. The molecule has 1 atom stereocenters. The number of halogens is 3. The van der Waals surface area contributed by atoms with E-state index in [0.29, 0.717) is 17.3 Å². The predicted molar refractivity (Wildman–Crippen MR) is 132 cm³/mol. The molecular formula is C25H25ClF2N4O5. The quantitative estimate of drug-likeness (QED) is 0.459. The number of aryl methyl sites for hydroxylation is 2. The summed E-state index contributed by atoms with van der Waals surface area (Å²) in [4.78, 5) is 43.0. The smallest absolute Gasteiger partial charge is 0.280 e. The molecule has 2 amide bonds. The Morgan fingerprint density at radius 3 is 2.54 bits per heavy atom. The third-order valence-corrected chi connectivity index (χ3v) is 5.76. The fraction of sp³-hybridized carbons (Fsp3) is 0.280. The fourth-order valence-corrected chi connectivity index (χ4v) is 3.60. The number of likely N-dealkylation sites (N-methyl/N-ethyl adjacent to an activating group) is 1. The highest BCUT2D eigenvalue weighted by Crippen LogP contribution is 2.23. The van der Waals surface area contributed by atoms with Crippen molar-refractivity contribution in [2.75, 3.05) is 20.6 Å². The highest BCUT2D eigenvalue weighted by molar-refractivity contribution is 6.31. The Morgan fingerprint density at radius 2 is 1.89 bits per heavy atom. The van der Waals surface area contributed by atoms with Crippen LogP contribution in [0.25, 0.3) is 5.69 Å². The number of rotatable bonds is 8. The number of amides is 2. The van der Waals surface area contributed by atoms with E-state index in [-0.39, 0.29) is 41.0 Å². The molecule has 37 heavy (non-hydrogen) atoms. The maximum Gasteiger partial charge on any atom is 0.280 e. The Kier molecular flexibility index (Phi) is 8.61.